The van der Waals surface area contributed by atoms with Crippen LogP contribution in [0.3, 0.4) is 0 Å². The number of furan rings is 1. The fourth-order valence-corrected chi connectivity index (χ4v) is 1.41. The lowest BCUT2D eigenvalue weighted by Gasteiger charge is -1.93. The molecule has 0 amide bonds. The average Bonchev–Trinajstić information content (AvgIpc) is 2.75. The summed E-state index contributed by atoms with van der Waals surface area (Å²) < 4.78 is 5.21. The van der Waals surface area contributed by atoms with Crippen molar-refractivity contribution in [2.45, 2.75) is 6.92 Å². The van der Waals surface area contributed by atoms with Gasteiger partial charge in [-0.25, -0.2) is 0 Å². The molecule has 1 N–H and O–H groups in total. The molecule has 0 aliphatic heterocycles. The highest BCUT2D eigenvalue weighted by atomic mass is 16.3. The molecule has 1 aromatic heterocycles. The van der Waals surface area contributed by atoms with E-state index in [1.165, 1.54) is 6.08 Å². The smallest absolute Gasteiger partial charge is 0.221 e. The van der Waals surface area contributed by atoms with E-state index >= 15 is 0 Å². The third-order valence-corrected chi connectivity index (χ3v) is 2.30. The highest BCUT2D eigenvalue weighted by Gasteiger charge is 2.05. The van der Waals surface area contributed by atoms with Gasteiger partial charge in [-0.05, 0) is 42.8 Å². The van der Waals surface area contributed by atoms with Gasteiger partial charge in [-0.1, -0.05) is 18.2 Å². The van der Waals surface area contributed by atoms with E-state index in [4.69, 9.17) is 9.52 Å². The van der Waals surface area contributed by atoms with Crippen molar-refractivity contribution in [1.29, 1.82) is 0 Å². The molecule has 86 valence electrons. The van der Waals surface area contributed by atoms with Gasteiger partial charge in [-0.15, -0.1) is 0 Å². The number of phenols is 1. The fraction of sp³-hybridized carbons (Fsp3) is 0.0714. The summed E-state index contributed by atoms with van der Waals surface area (Å²) in [6.45, 7) is 1.79. The number of allylic oxidation sites excluding steroid dienone is 1. The Bertz CT molecular complexity index is 547. The lowest BCUT2D eigenvalue weighted by atomic mass is 10.2. The van der Waals surface area contributed by atoms with Gasteiger partial charge in [-0.2, -0.15) is 0 Å². The lowest BCUT2D eigenvalue weighted by Crippen LogP contribution is -1.90. The maximum atomic E-state index is 11.7. The first-order valence-electron chi connectivity index (χ1n) is 5.23. The molecule has 0 atom stereocenters. The Morgan fingerprint density at radius 3 is 2.47 bits per heavy atom. The summed E-state index contributed by atoms with van der Waals surface area (Å²) in [4.78, 5) is 11.7. The zero-order chi connectivity index (χ0) is 12.3. The molecule has 0 unspecified atom stereocenters. The maximum Gasteiger partial charge on any atom is 0.221 e. The van der Waals surface area contributed by atoms with Crippen LogP contribution in [0.2, 0.25) is 0 Å². The second-order valence-corrected chi connectivity index (χ2v) is 3.70. The topological polar surface area (TPSA) is 50.4 Å². The summed E-state index contributed by atoms with van der Waals surface area (Å²) in [5.41, 5.74) is 0.847. The molecule has 0 bridgehead atoms. The molecule has 1 heterocycles. The molecular weight excluding hydrogens is 216 g/mol. The minimum absolute atomic E-state index is 0.175. The Morgan fingerprint density at radius 2 is 1.88 bits per heavy atom. The molecule has 0 aliphatic rings. The van der Waals surface area contributed by atoms with Crippen LogP contribution in [0.5, 0.6) is 5.75 Å². The van der Waals surface area contributed by atoms with Crippen LogP contribution in [0.15, 0.2) is 46.9 Å². The number of hydrogen-bond acceptors (Lipinski definition) is 3. The number of aryl methyl sites for hydroxylation is 1. The largest absolute Gasteiger partial charge is 0.508 e. The van der Waals surface area contributed by atoms with Crippen molar-refractivity contribution < 1.29 is 14.3 Å². The number of aromatic hydroxyl groups is 1. The van der Waals surface area contributed by atoms with Gasteiger partial charge < -0.3 is 9.52 Å². The quantitative estimate of drug-likeness (QED) is 0.648. The van der Waals surface area contributed by atoms with E-state index in [2.05, 4.69) is 0 Å². The molecule has 1 aromatic carbocycles. The number of hydrogen-bond donors (Lipinski definition) is 1. The minimum atomic E-state index is -0.175. The van der Waals surface area contributed by atoms with Crippen molar-refractivity contribution in [3.63, 3.8) is 0 Å². The summed E-state index contributed by atoms with van der Waals surface area (Å²) in [6.07, 6.45) is 3.13. The Morgan fingerprint density at radius 1 is 1.18 bits per heavy atom. The summed E-state index contributed by atoms with van der Waals surface area (Å²) in [5.74, 6) is 1.07. The van der Waals surface area contributed by atoms with Crippen molar-refractivity contribution in [3.8, 4) is 5.75 Å². The minimum Gasteiger partial charge on any atom is -0.508 e. The van der Waals surface area contributed by atoms with Crippen LogP contribution in [-0.2, 0) is 0 Å². The molecule has 3 heteroatoms. The Balaban J connectivity index is 2.10. The first kappa shape index (κ1) is 11.2. The molecule has 17 heavy (non-hydrogen) atoms. The molecule has 0 spiro atoms. The van der Waals surface area contributed by atoms with Gasteiger partial charge in [0.2, 0.25) is 5.78 Å². The predicted octanol–water partition coefficient (Wildman–Crippen LogP) is 3.19. The number of rotatable bonds is 3. The number of phenolic OH excluding ortho intramolecular Hbond substituents is 1. The summed E-state index contributed by atoms with van der Waals surface area (Å²) in [7, 11) is 0. The number of benzene rings is 1. The fourth-order valence-electron chi connectivity index (χ4n) is 1.41. The van der Waals surface area contributed by atoms with Crippen molar-refractivity contribution in [2.24, 2.45) is 0 Å². The summed E-state index contributed by atoms with van der Waals surface area (Å²) >= 11 is 0. The van der Waals surface area contributed by atoms with Crippen LogP contribution in [0.4, 0.5) is 0 Å². The molecule has 0 radical (unpaired) electrons. The summed E-state index contributed by atoms with van der Waals surface area (Å²) in [6, 6.07) is 10.0. The molecule has 0 aliphatic carbocycles. The molecule has 3 nitrogen and oxygen atoms in total. The standard InChI is InChI=1S/C14H12O3/c1-10-2-9-14(17-10)13(16)8-5-11-3-6-12(15)7-4-11/h2-9,15H,1H3/b8-5-. The normalized spacial score (nSPS) is 10.9. The first-order chi connectivity index (χ1) is 8.15. The molecule has 0 saturated carbocycles. The summed E-state index contributed by atoms with van der Waals surface area (Å²) in [5, 5.41) is 9.11. The third-order valence-electron chi connectivity index (χ3n) is 2.30. The van der Waals surface area contributed by atoms with E-state index in [1.54, 1.807) is 49.4 Å². The van der Waals surface area contributed by atoms with E-state index in [9.17, 15) is 4.79 Å². The van der Waals surface area contributed by atoms with E-state index in [1.807, 2.05) is 0 Å². The van der Waals surface area contributed by atoms with Crippen LogP contribution in [-0.4, -0.2) is 10.9 Å². The van der Waals surface area contributed by atoms with E-state index in [0.29, 0.717) is 11.5 Å². The van der Waals surface area contributed by atoms with E-state index < -0.39 is 0 Å². The van der Waals surface area contributed by atoms with Gasteiger partial charge in [0.1, 0.15) is 11.5 Å². The van der Waals surface area contributed by atoms with Gasteiger partial charge in [0.05, 0.1) is 0 Å². The van der Waals surface area contributed by atoms with Crippen LogP contribution >= 0.6 is 0 Å². The van der Waals surface area contributed by atoms with Crippen molar-refractivity contribution in [2.75, 3.05) is 0 Å². The van der Waals surface area contributed by atoms with Crippen LogP contribution in [0.1, 0.15) is 21.9 Å². The van der Waals surface area contributed by atoms with E-state index in [-0.39, 0.29) is 11.5 Å². The van der Waals surface area contributed by atoms with Crippen LogP contribution in [0, 0.1) is 6.92 Å². The predicted molar refractivity (Wildman–Crippen MR) is 64.9 cm³/mol. The average molecular weight is 228 g/mol. The Hall–Kier alpha value is -2.29. The lowest BCUT2D eigenvalue weighted by molar-refractivity contribution is 0.102. The number of carbonyl (C=O) groups excluding carboxylic acids is 1. The Labute approximate surface area is 99.0 Å². The first-order valence-corrected chi connectivity index (χ1v) is 5.23. The zero-order valence-corrected chi connectivity index (χ0v) is 9.38. The molecule has 0 fully saturated rings. The van der Waals surface area contributed by atoms with Gasteiger partial charge >= 0.3 is 0 Å². The number of carbonyl (C=O) groups is 1. The molecule has 0 saturated heterocycles. The highest BCUT2D eigenvalue weighted by molar-refractivity contribution is 6.04. The van der Waals surface area contributed by atoms with Gasteiger partial charge in [-0.3, -0.25) is 4.79 Å². The highest BCUT2D eigenvalue weighted by Crippen LogP contribution is 2.12. The SMILES string of the molecule is Cc1ccc(C(=O)/C=C\c2ccc(O)cc2)o1. The van der Waals surface area contributed by atoms with Crippen molar-refractivity contribution >= 4 is 11.9 Å². The molecular formula is C14H12O3. The van der Waals surface area contributed by atoms with Gasteiger partial charge in [0.15, 0.2) is 5.76 Å². The van der Waals surface area contributed by atoms with E-state index in [0.717, 1.165) is 5.56 Å². The van der Waals surface area contributed by atoms with Gasteiger partial charge in [0.25, 0.3) is 0 Å². The third kappa shape index (κ3) is 2.84. The zero-order valence-electron chi connectivity index (χ0n) is 9.38. The molecule has 2 rings (SSSR count). The monoisotopic (exact) mass is 228 g/mol. The maximum absolute atomic E-state index is 11.7. The van der Waals surface area contributed by atoms with Crippen molar-refractivity contribution in [3.05, 3.63) is 59.6 Å². The second-order valence-electron chi connectivity index (χ2n) is 3.70. The number of ketones is 1. The van der Waals surface area contributed by atoms with Crippen LogP contribution in [0.25, 0.3) is 6.08 Å². The Kier molecular flexibility index (Phi) is 3.10. The molecule has 2 aromatic rings. The van der Waals surface area contributed by atoms with Crippen molar-refractivity contribution in [1.82, 2.24) is 0 Å². The van der Waals surface area contributed by atoms with Crippen LogP contribution < -0.4 is 0 Å². The van der Waals surface area contributed by atoms with Gasteiger partial charge in [0, 0.05) is 0 Å². The second kappa shape index (κ2) is 4.70.